The molecule has 3 rings (SSSR count). The molecule has 0 aliphatic carbocycles. The Morgan fingerprint density at radius 3 is 2.62 bits per heavy atom. The highest BCUT2D eigenvalue weighted by Crippen LogP contribution is 2.26. The second kappa shape index (κ2) is 6.11. The van der Waals surface area contributed by atoms with Crippen LogP contribution in [-0.2, 0) is 5.75 Å². The molecular weight excluding hydrogens is 310 g/mol. The maximum atomic E-state index is 5.84. The van der Waals surface area contributed by atoms with Crippen molar-refractivity contribution in [2.45, 2.75) is 10.8 Å². The number of halogens is 1. The second-order valence-electron chi connectivity index (χ2n) is 4.04. The summed E-state index contributed by atoms with van der Waals surface area (Å²) in [6.07, 6.45) is 3.14. The molecule has 2 aromatic heterocycles. The number of thioether (sulfide) groups is 1. The molecule has 0 bridgehead atoms. The van der Waals surface area contributed by atoms with Gasteiger partial charge in [-0.25, -0.2) is 9.97 Å². The van der Waals surface area contributed by atoms with Crippen LogP contribution in [0.25, 0.3) is 11.5 Å². The van der Waals surface area contributed by atoms with Gasteiger partial charge in [0.2, 0.25) is 11.8 Å². The molecule has 0 aliphatic rings. The highest BCUT2D eigenvalue weighted by atomic mass is 35.5. The first-order chi connectivity index (χ1) is 10.2. The predicted molar refractivity (Wildman–Crippen MR) is 80.7 cm³/mol. The standard InChI is InChI=1S/C13H10ClN5OS/c14-9-3-1-8(2-4-9)12-19-18-10(20-12)7-21-13-11(15)16-5-6-17-13/h1-6H,7H2,(H2,15,16). The Morgan fingerprint density at radius 2 is 1.86 bits per heavy atom. The maximum Gasteiger partial charge on any atom is 0.247 e. The van der Waals surface area contributed by atoms with Gasteiger partial charge in [-0.15, -0.1) is 10.2 Å². The van der Waals surface area contributed by atoms with E-state index < -0.39 is 0 Å². The third-order valence-electron chi connectivity index (χ3n) is 2.58. The van der Waals surface area contributed by atoms with Crippen molar-refractivity contribution in [1.82, 2.24) is 20.2 Å². The third kappa shape index (κ3) is 3.32. The lowest BCUT2D eigenvalue weighted by atomic mass is 10.2. The lowest BCUT2D eigenvalue weighted by Gasteiger charge is -1.99. The zero-order chi connectivity index (χ0) is 14.7. The average molecular weight is 320 g/mol. The summed E-state index contributed by atoms with van der Waals surface area (Å²) in [4.78, 5) is 8.11. The summed E-state index contributed by atoms with van der Waals surface area (Å²) in [5.74, 6) is 1.81. The van der Waals surface area contributed by atoms with Crippen molar-refractivity contribution >= 4 is 29.2 Å². The Kier molecular flexibility index (Phi) is 4.03. The first-order valence-electron chi connectivity index (χ1n) is 6.00. The Morgan fingerprint density at radius 1 is 1.10 bits per heavy atom. The molecule has 1 aromatic carbocycles. The molecule has 0 saturated carbocycles. The van der Waals surface area contributed by atoms with Crippen molar-refractivity contribution in [2.24, 2.45) is 0 Å². The van der Waals surface area contributed by atoms with Crippen LogP contribution in [0.2, 0.25) is 5.02 Å². The summed E-state index contributed by atoms with van der Waals surface area (Å²) in [5.41, 5.74) is 6.54. The molecule has 8 heteroatoms. The summed E-state index contributed by atoms with van der Waals surface area (Å²) in [6.45, 7) is 0. The first-order valence-corrected chi connectivity index (χ1v) is 7.36. The molecule has 0 atom stereocenters. The van der Waals surface area contributed by atoms with Gasteiger partial charge in [0.05, 0.1) is 5.75 Å². The van der Waals surface area contributed by atoms with E-state index in [0.717, 1.165) is 5.56 Å². The largest absolute Gasteiger partial charge is 0.420 e. The summed E-state index contributed by atoms with van der Waals surface area (Å²) < 4.78 is 5.60. The van der Waals surface area contributed by atoms with Crippen LogP contribution in [0.5, 0.6) is 0 Å². The van der Waals surface area contributed by atoms with Crippen LogP contribution in [0.1, 0.15) is 5.89 Å². The minimum absolute atomic E-state index is 0.389. The molecule has 0 radical (unpaired) electrons. The predicted octanol–water partition coefficient (Wildman–Crippen LogP) is 3.05. The fourth-order valence-corrected chi connectivity index (χ4v) is 2.44. The van der Waals surface area contributed by atoms with Crippen molar-refractivity contribution in [1.29, 1.82) is 0 Å². The lowest BCUT2D eigenvalue weighted by Crippen LogP contribution is -1.94. The fraction of sp³-hybridized carbons (Fsp3) is 0.0769. The molecule has 21 heavy (non-hydrogen) atoms. The van der Waals surface area contributed by atoms with Crippen LogP contribution >= 0.6 is 23.4 Å². The monoisotopic (exact) mass is 319 g/mol. The molecule has 0 fully saturated rings. The normalized spacial score (nSPS) is 10.7. The number of anilines is 1. The van der Waals surface area contributed by atoms with Crippen LogP contribution in [0.15, 0.2) is 46.1 Å². The topological polar surface area (TPSA) is 90.7 Å². The lowest BCUT2D eigenvalue weighted by molar-refractivity contribution is 0.528. The van der Waals surface area contributed by atoms with Gasteiger partial charge >= 0.3 is 0 Å². The highest BCUT2D eigenvalue weighted by Gasteiger charge is 2.10. The smallest absolute Gasteiger partial charge is 0.247 e. The van der Waals surface area contributed by atoms with E-state index in [9.17, 15) is 0 Å². The molecule has 0 saturated heterocycles. The molecule has 106 valence electrons. The molecule has 6 nitrogen and oxygen atoms in total. The Bertz CT molecular complexity index is 746. The number of hydrogen-bond donors (Lipinski definition) is 1. The van der Waals surface area contributed by atoms with Crippen molar-refractivity contribution in [3.63, 3.8) is 0 Å². The van der Waals surface area contributed by atoms with Crippen LogP contribution in [0.4, 0.5) is 5.82 Å². The van der Waals surface area contributed by atoms with Crippen LogP contribution in [-0.4, -0.2) is 20.2 Å². The van der Waals surface area contributed by atoms with Crippen molar-refractivity contribution < 1.29 is 4.42 Å². The summed E-state index contributed by atoms with van der Waals surface area (Å²) in [7, 11) is 0. The molecule has 0 unspecified atom stereocenters. The summed E-state index contributed by atoms with van der Waals surface area (Å²) in [6, 6.07) is 7.20. The van der Waals surface area contributed by atoms with Gasteiger partial charge in [0.25, 0.3) is 0 Å². The van der Waals surface area contributed by atoms with E-state index in [4.69, 9.17) is 21.8 Å². The van der Waals surface area contributed by atoms with E-state index in [1.54, 1.807) is 24.5 Å². The number of aromatic nitrogens is 4. The van der Waals surface area contributed by atoms with E-state index in [1.807, 2.05) is 12.1 Å². The quantitative estimate of drug-likeness (QED) is 0.739. The average Bonchev–Trinajstić information content (AvgIpc) is 2.96. The van der Waals surface area contributed by atoms with Crippen molar-refractivity contribution in [3.05, 3.63) is 47.6 Å². The van der Waals surface area contributed by atoms with E-state index in [-0.39, 0.29) is 0 Å². The molecule has 0 spiro atoms. The SMILES string of the molecule is Nc1nccnc1SCc1nnc(-c2ccc(Cl)cc2)o1. The van der Waals surface area contributed by atoms with Gasteiger partial charge in [-0.05, 0) is 24.3 Å². The van der Waals surface area contributed by atoms with Gasteiger partial charge in [-0.1, -0.05) is 23.4 Å². The summed E-state index contributed by atoms with van der Waals surface area (Å²) >= 11 is 7.24. The van der Waals surface area contributed by atoms with Gasteiger partial charge in [-0.3, -0.25) is 0 Å². The Hall–Kier alpha value is -2.12. The zero-order valence-electron chi connectivity index (χ0n) is 10.7. The molecule has 0 amide bonds. The Balaban J connectivity index is 1.71. The van der Waals surface area contributed by atoms with Gasteiger partial charge < -0.3 is 10.2 Å². The second-order valence-corrected chi connectivity index (χ2v) is 5.44. The van der Waals surface area contributed by atoms with Crippen LogP contribution in [0.3, 0.4) is 0 Å². The molecule has 2 N–H and O–H groups in total. The van der Waals surface area contributed by atoms with Gasteiger partial charge in [-0.2, -0.15) is 0 Å². The minimum Gasteiger partial charge on any atom is -0.420 e. The van der Waals surface area contributed by atoms with Crippen LogP contribution in [0, 0.1) is 0 Å². The van der Waals surface area contributed by atoms with Gasteiger partial charge in [0.1, 0.15) is 5.03 Å². The molecule has 0 aliphatic heterocycles. The number of nitrogens with zero attached hydrogens (tertiary/aromatic N) is 4. The van der Waals surface area contributed by atoms with Crippen molar-refractivity contribution in [3.8, 4) is 11.5 Å². The van der Waals surface area contributed by atoms with Gasteiger partial charge in [0, 0.05) is 23.0 Å². The maximum absolute atomic E-state index is 5.84. The highest BCUT2D eigenvalue weighted by molar-refractivity contribution is 7.98. The number of nitrogen functional groups attached to an aromatic ring is 1. The zero-order valence-corrected chi connectivity index (χ0v) is 12.3. The van der Waals surface area contributed by atoms with Crippen LogP contribution < -0.4 is 5.73 Å². The Labute approximate surface area is 129 Å². The minimum atomic E-state index is 0.389. The summed E-state index contributed by atoms with van der Waals surface area (Å²) in [5, 5.41) is 9.31. The van der Waals surface area contributed by atoms with Gasteiger partial charge in [0.15, 0.2) is 5.82 Å². The number of hydrogen-bond acceptors (Lipinski definition) is 7. The molecular formula is C13H10ClN5OS. The van der Waals surface area contributed by atoms with E-state index in [0.29, 0.717) is 33.4 Å². The number of rotatable bonds is 4. The molecule has 2 heterocycles. The van der Waals surface area contributed by atoms with Crippen molar-refractivity contribution in [2.75, 3.05) is 5.73 Å². The third-order valence-corrected chi connectivity index (χ3v) is 3.81. The van der Waals surface area contributed by atoms with E-state index in [2.05, 4.69) is 20.2 Å². The molecule has 3 aromatic rings. The number of nitrogens with two attached hydrogens (primary N) is 1. The van der Waals surface area contributed by atoms with E-state index >= 15 is 0 Å². The fourth-order valence-electron chi connectivity index (χ4n) is 1.60. The van der Waals surface area contributed by atoms with E-state index in [1.165, 1.54) is 11.8 Å². The first kappa shape index (κ1) is 13.8. The number of benzene rings is 1.